The highest BCUT2D eigenvalue weighted by atomic mass is 16.5. The Kier molecular flexibility index (Phi) is 4.63. The summed E-state index contributed by atoms with van der Waals surface area (Å²) < 4.78 is 16.0. The van der Waals surface area contributed by atoms with E-state index < -0.39 is 0 Å². The first kappa shape index (κ1) is 13.7. The molecule has 1 fully saturated rings. The van der Waals surface area contributed by atoms with E-state index in [0.29, 0.717) is 30.4 Å². The normalized spacial score (nSPS) is 18.1. The predicted octanol–water partition coefficient (Wildman–Crippen LogP) is 2.21. The van der Waals surface area contributed by atoms with Crippen molar-refractivity contribution in [3.05, 3.63) is 18.2 Å². The number of hydrogen-bond acceptors (Lipinski definition) is 4. The molecule has 19 heavy (non-hydrogen) atoms. The molecule has 1 aliphatic rings. The van der Waals surface area contributed by atoms with Gasteiger partial charge in [-0.3, -0.25) is 4.79 Å². The molecule has 1 aromatic carbocycles. The summed E-state index contributed by atoms with van der Waals surface area (Å²) in [6.07, 6.45) is 1.38. The van der Waals surface area contributed by atoms with Crippen molar-refractivity contribution >= 4 is 11.6 Å². The van der Waals surface area contributed by atoms with Crippen molar-refractivity contribution in [3.63, 3.8) is 0 Å². The average molecular weight is 265 g/mol. The minimum atomic E-state index is -0.336. The summed E-state index contributed by atoms with van der Waals surface area (Å²) in [5.41, 5.74) is 0.681. The Bertz CT molecular complexity index is 441. The first-order valence-corrected chi connectivity index (χ1v) is 6.48. The van der Waals surface area contributed by atoms with Gasteiger partial charge in [-0.05, 0) is 31.9 Å². The van der Waals surface area contributed by atoms with E-state index in [-0.39, 0.29) is 12.0 Å². The number of nitrogens with one attached hydrogen (secondary N) is 1. The van der Waals surface area contributed by atoms with Gasteiger partial charge < -0.3 is 19.5 Å². The van der Waals surface area contributed by atoms with Gasteiger partial charge in [0.15, 0.2) is 11.5 Å². The zero-order valence-corrected chi connectivity index (χ0v) is 11.3. The highest BCUT2D eigenvalue weighted by Crippen LogP contribution is 2.30. The lowest BCUT2D eigenvalue weighted by atomic mass is 10.2. The lowest BCUT2D eigenvalue weighted by molar-refractivity contribution is -0.124. The molecule has 0 spiro atoms. The third kappa shape index (κ3) is 3.38. The molecule has 0 radical (unpaired) electrons. The van der Waals surface area contributed by atoms with Crippen LogP contribution >= 0.6 is 0 Å². The van der Waals surface area contributed by atoms with Gasteiger partial charge >= 0.3 is 0 Å². The molecule has 0 aliphatic carbocycles. The second-order valence-corrected chi connectivity index (χ2v) is 4.29. The van der Waals surface area contributed by atoms with E-state index in [1.54, 1.807) is 25.3 Å². The second-order valence-electron chi connectivity index (χ2n) is 4.29. The Labute approximate surface area is 112 Å². The van der Waals surface area contributed by atoms with Crippen LogP contribution in [0.3, 0.4) is 0 Å². The van der Waals surface area contributed by atoms with Crippen molar-refractivity contribution < 1.29 is 19.0 Å². The average Bonchev–Trinajstić information content (AvgIpc) is 2.94. The van der Waals surface area contributed by atoms with E-state index in [2.05, 4.69) is 5.32 Å². The number of carbonyl (C=O) groups excluding carboxylic acids is 1. The molecule has 1 aromatic rings. The summed E-state index contributed by atoms with van der Waals surface area (Å²) >= 11 is 0. The highest BCUT2D eigenvalue weighted by Gasteiger charge is 2.23. The van der Waals surface area contributed by atoms with E-state index in [1.807, 2.05) is 6.92 Å². The van der Waals surface area contributed by atoms with Gasteiger partial charge in [0, 0.05) is 18.4 Å². The van der Waals surface area contributed by atoms with Crippen LogP contribution in [0.1, 0.15) is 19.8 Å². The zero-order chi connectivity index (χ0) is 13.7. The molecule has 1 saturated heterocycles. The third-order valence-electron chi connectivity index (χ3n) is 2.95. The zero-order valence-electron chi connectivity index (χ0n) is 11.3. The molecule has 1 aliphatic heterocycles. The summed E-state index contributed by atoms with van der Waals surface area (Å²) in [5.74, 6) is 1.16. The van der Waals surface area contributed by atoms with Crippen LogP contribution in [0.15, 0.2) is 18.2 Å². The molecular weight excluding hydrogens is 246 g/mol. The standard InChI is InChI=1S/C14H19NO4/c1-3-18-11-7-6-10(9-13(11)17-2)15-14(16)12-5-4-8-19-12/h6-7,9,12H,3-5,8H2,1-2H3,(H,15,16)/t12-/m0/s1. The number of amides is 1. The molecule has 5 heteroatoms. The minimum absolute atomic E-state index is 0.108. The van der Waals surface area contributed by atoms with Gasteiger partial charge in [-0.1, -0.05) is 0 Å². The van der Waals surface area contributed by atoms with Crippen molar-refractivity contribution in [1.29, 1.82) is 0 Å². The fourth-order valence-corrected chi connectivity index (χ4v) is 2.03. The van der Waals surface area contributed by atoms with Crippen molar-refractivity contribution in [3.8, 4) is 11.5 Å². The quantitative estimate of drug-likeness (QED) is 0.886. The number of methoxy groups -OCH3 is 1. The Morgan fingerprint density at radius 1 is 1.47 bits per heavy atom. The van der Waals surface area contributed by atoms with Crippen LogP contribution in [0.4, 0.5) is 5.69 Å². The van der Waals surface area contributed by atoms with E-state index >= 15 is 0 Å². The number of hydrogen-bond donors (Lipinski definition) is 1. The van der Waals surface area contributed by atoms with E-state index in [0.717, 1.165) is 12.8 Å². The number of ether oxygens (including phenoxy) is 3. The monoisotopic (exact) mass is 265 g/mol. The topological polar surface area (TPSA) is 56.8 Å². The molecule has 0 saturated carbocycles. The molecule has 1 N–H and O–H groups in total. The van der Waals surface area contributed by atoms with Crippen molar-refractivity contribution in [2.75, 3.05) is 25.6 Å². The first-order valence-electron chi connectivity index (χ1n) is 6.48. The van der Waals surface area contributed by atoms with Crippen LogP contribution in [0.2, 0.25) is 0 Å². The van der Waals surface area contributed by atoms with Crippen LogP contribution in [0.25, 0.3) is 0 Å². The molecule has 104 valence electrons. The molecule has 2 rings (SSSR count). The van der Waals surface area contributed by atoms with Gasteiger partial charge in [-0.2, -0.15) is 0 Å². The molecule has 1 amide bonds. The SMILES string of the molecule is CCOc1ccc(NC(=O)[C@@H]2CCCO2)cc1OC. The smallest absolute Gasteiger partial charge is 0.253 e. The fourth-order valence-electron chi connectivity index (χ4n) is 2.03. The van der Waals surface area contributed by atoms with E-state index in [9.17, 15) is 4.79 Å². The van der Waals surface area contributed by atoms with Crippen LogP contribution in [-0.4, -0.2) is 32.3 Å². The van der Waals surface area contributed by atoms with Gasteiger partial charge in [0.05, 0.1) is 13.7 Å². The summed E-state index contributed by atoms with van der Waals surface area (Å²) in [6.45, 7) is 3.13. The van der Waals surface area contributed by atoms with Gasteiger partial charge in [0.1, 0.15) is 6.10 Å². The Hall–Kier alpha value is -1.75. The largest absolute Gasteiger partial charge is 0.493 e. The summed E-state index contributed by atoms with van der Waals surface area (Å²) in [5, 5.41) is 2.83. The van der Waals surface area contributed by atoms with Crippen LogP contribution < -0.4 is 14.8 Å². The van der Waals surface area contributed by atoms with Gasteiger partial charge in [-0.25, -0.2) is 0 Å². The number of anilines is 1. The summed E-state index contributed by atoms with van der Waals surface area (Å²) in [6, 6.07) is 5.33. The Morgan fingerprint density at radius 2 is 2.32 bits per heavy atom. The summed E-state index contributed by atoms with van der Waals surface area (Å²) in [4.78, 5) is 11.9. The lowest BCUT2D eigenvalue weighted by Gasteiger charge is -2.13. The van der Waals surface area contributed by atoms with Crippen molar-refractivity contribution in [2.45, 2.75) is 25.9 Å². The summed E-state index contributed by atoms with van der Waals surface area (Å²) in [7, 11) is 1.57. The maximum atomic E-state index is 11.9. The van der Waals surface area contributed by atoms with Crippen LogP contribution in [-0.2, 0) is 9.53 Å². The maximum Gasteiger partial charge on any atom is 0.253 e. The Morgan fingerprint density at radius 3 is 2.95 bits per heavy atom. The van der Waals surface area contributed by atoms with E-state index in [1.165, 1.54) is 0 Å². The molecule has 5 nitrogen and oxygen atoms in total. The van der Waals surface area contributed by atoms with Crippen LogP contribution in [0.5, 0.6) is 11.5 Å². The second kappa shape index (κ2) is 6.43. The molecule has 0 unspecified atom stereocenters. The fraction of sp³-hybridized carbons (Fsp3) is 0.500. The number of carbonyl (C=O) groups is 1. The van der Waals surface area contributed by atoms with Crippen molar-refractivity contribution in [1.82, 2.24) is 0 Å². The molecule has 0 bridgehead atoms. The highest BCUT2D eigenvalue weighted by molar-refractivity contribution is 5.94. The van der Waals surface area contributed by atoms with Gasteiger partial charge in [0.25, 0.3) is 5.91 Å². The number of benzene rings is 1. The predicted molar refractivity (Wildman–Crippen MR) is 71.8 cm³/mol. The van der Waals surface area contributed by atoms with Crippen molar-refractivity contribution in [2.24, 2.45) is 0 Å². The first-order chi connectivity index (χ1) is 9.24. The molecular formula is C14H19NO4. The van der Waals surface area contributed by atoms with Crippen LogP contribution in [0, 0.1) is 0 Å². The molecule has 0 aromatic heterocycles. The Balaban J connectivity index is 2.05. The van der Waals surface area contributed by atoms with Gasteiger partial charge in [0.2, 0.25) is 0 Å². The van der Waals surface area contributed by atoms with Gasteiger partial charge in [-0.15, -0.1) is 0 Å². The third-order valence-corrected chi connectivity index (χ3v) is 2.95. The molecule has 1 heterocycles. The minimum Gasteiger partial charge on any atom is -0.493 e. The molecule has 1 atom stereocenters. The van der Waals surface area contributed by atoms with E-state index in [4.69, 9.17) is 14.2 Å². The number of rotatable bonds is 5. The maximum absolute atomic E-state index is 11.9. The lowest BCUT2D eigenvalue weighted by Crippen LogP contribution is -2.26.